The standard InChI is InChI=1S/C30H24ClN3O3/c1-18-4-6-19(7-5-18)29(35)28-27(21-8-12-24(36-2)25(15-21)37-3)30(16-32,17-33)26-13-9-20-14-22(31)10-11-23(20)34(26)28/h4-15,26-28H,1-3H3. The molecule has 0 radical (unpaired) electrons. The number of hydrogen-bond acceptors (Lipinski definition) is 6. The summed E-state index contributed by atoms with van der Waals surface area (Å²) in [5.74, 6) is 0.0161. The van der Waals surface area contributed by atoms with Gasteiger partial charge in [-0.1, -0.05) is 59.6 Å². The molecule has 0 saturated carbocycles. The van der Waals surface area contributed by atoms with Crippen molar-refractivity contribution in [2.24, 2.45) is 5.41 Å². The van der Waals surface area contributed by atoms with Crippen molar-refractivity contribution < 1.29 is 14.3 Å². The van der Waals surface area contributed by atoms with Gasteiger partial charge in [-0.25, -0.2) is 0 Å². The van der Waals surface area contributed by atoms with Crippen molar-refractivity contribution in [3.05, 3.63) is 94.0 Å². The summed E-state index contributed by atoms with van der Waals surface area (Å²) in [6.07, 6.45) is 3.71. The van der Waals surface area contributed by atoms with Gasteiger partial charge in [0.05, 0.1) is 32.4 Å². The SMILES string of the molecule is COc1ccc(C2C(C(=O)c3ccc(C)cc3)N3c4ccc(Cl)cc4C=CC3C2(C#N)C#N)cc1OC. The van der Waals surface area contributed by atoms with E-state index in [0.29, 0.717) is 27.6 Å². The number of Topliss-reactive ketones (excluding diaryl/α,β-unsaturated/α-hetero) is 1. The summed E-state index contributed by atoms with van der Waals surface area (Å²) in [5.41, 5.74) is 2.20. The molecule has 1 saturated heterocycles. The second-order valence-corrected chi connectivity index (χ2v) is 9.71. The number of nitrogens with zero attached hydrogens (tertiary/aromatic N) is 3. The number of methoxy groups -OCH3 is 2. The average molecular weight is 510 g/mol. The topological polar surface area (TPSA) is 86.4 Å². The van der Waals surface area contributed by atoms with Gasteiger partial charge in [-0.15, -0.1) is 0 Å². The van der Waals surface area contributed by atoms with E-state index in [4.69, 9.17) is 21.1 Å². The van der Waals surface area contributed by atoms with Crippen LogP contribution in [0.4, 0.5) is 5.69 Å². The van der Waals surface area contributed by atoms with Gasteiger partial charge in [0.15, 0.2) is 22.7 Å². The third-order valence-corrected chi connectivity index (χ3v) is 7.57. The molecule has 2 aliphatic rings. The van der Waals surface area contributed by atoms with Gasteiger partial charge >= 0.3 is 0 Å². The molecule has 6 nitrogen and oxygen atoms in total. The van der Waals surface area contributed by atoms with Gasteiger partial charge in [-0.3, -0.25) is 4.79 Å². The third kappa shape index (κ3) is 3.73. The predicted molar refractivity (Wildman–Crippen MR) is 142 cm³/mol. The minimum atomic E-state index is -1.56. The molecule has 37 heavy (non-hydrogen) atoms. The summed E-state index contributed by atoms with van der Waals surface area (Å²) in [4.78, 5) is 16.2. The van der Waals surface area contributed by atoms with Gasteiger partial charge in [0.25, 0.3) is 0 Å². The third-order valence-electron chi connectivity index (χ3n) is 7.34. The van der Waals surface area contributed by atoms with Gasteiger partial charge in [0.2, 0.25) is 0 Å². The Hall–Kier alpha value is -4.26. The Morgan fingerprint density at radius 1 is 0.973 bits per heavy atom. The number of hydrogen-bond donors (Lipinski definition) is 0. The summed E-state index contributed by atoms with van der Waals surface area (Å²) >= 11 is 6.28. The molecule has 0 amide bonds. The lowest BCUT2D eigenvalue weighted by molar-refractivity contribution is 0.0951. The number of nitriles is 2. The minimum absolute atomic E-state index is 0.173. The number of carbonyl (C=O) groups excluding carboxylic acids is 1. The first-order valence-corrected chi connectivity index (χ1v) is 12.2. The van der Waals surface area contributed by atoms with Crippen molar-refractivity contribution in [2.75, 3.05) is 19.1 Å². The molecule has 5 rings (SSSR count). The van der Waals surface area contributed by atoms with Crippen molar-refractivity contribution in [3.63, 3.8) is 0 Å². The molecule has 2 heterocycles. The molecule has 3 aromatic carbocycles. The summed E-state index contributed by atoms with van der Waals surface area (Å²) in [6.45, 7) is 1.96. The zero-order valence-electron chi connectivity index (χ0n) is 20.6. The molecule has 0 bridgehead atoms. The van der Waals surface area contributed by atoms with Crippen molar-refractivity contribution >= 4 is 29.1 Å². The lowest BCUT2D eigenvalue weighted by atomic mass is 9.69. The van der Waals surface area contributed by atoms with E-state index in [1.165, 1.54) is 7.11 Å². The molecule has 184 valence electrons. The summed E-state index contributed by atoms with van der Waals surface area (Å²) in [6, 6.07) is 21.2. The maximum Gasteiger partial charge on any atom is 0.185 e. The summed E-state index contributed by atoms with van der Waals surface area (Å²) in [7, 11) is 3.07. The van der Waals surface area contributed by atoms with Gasteiger partial charge in [0, 0.05) is 22.2 Å². The van der Waals surface area contributed by atoms with Crippen LogP contribution in [0.5, 0.6) is 11.5 Å². The average Bonchev–Trinajstić information content (AvgIpc) is 3.23. The number of aryl methyl sites for hydroxylation is 1. The van der Waals surface area contributed by atoms with E-state index >= 15 is 0 Å². The monoisotopic (exact) mass is 509 g/mol. The van der Waals surface area contributed by atoms with Crippen LogP contribution in [0.25, 0.3) is 6.08 Å². The second kappa shape index (κ2) is 9.32. The van der Waals surface area contributed by atoms with Crippen molar-refractivity contribution in [1.82, 2.24) is 0 Å². The van der Waals surface area contributed by atoms with E-state index in [9.17, 15) is 15.3 Å². The number of ether oxygens (including phenoxy) is 2. The van der Waals surface area contributed by atoms with E-state index in [0.717, 1.165) is 16.8 Å². The molecule has 0 aliphatic carbocycles. The van der Waals surface area contributed by atoms with Gasteiger partial charge in [0.1, 0.15) is 6.04 Å². The highest BCUT2D eigenvalue weighted by molar-refractivity contribution is 6.30. The van der Waals surface area contributed by atoms with Crippen LogP contribution in [-0.4, -0.2) is 32.1 Å². The fourth-order valence-corrected chi connectivity index (χ4v) is 5.75. The fourth-order valence-electron chi connectivity index (χ4n) is 5.57. The van der Waals surface area contributed by atoms with Crippen LogP contribution in [0.3, 0.4) is 0 Å². The Kier molecular flexibility index (Phi) is 6.15. The maximum absolute atomic E-state index is 14.3. The van der Waals surface area contributed by atoms with Crippen molar-refractivity contribution in [2.45, 2.75) is 24.9 Å². The maximum atomic E-state index is 14.3. The van der Waals surface area contributed by atoms with E-state index < -0.39 is 23.4 Å². The predicted octanol–water partition coefficient (Wildman–Crippen LogP) is 5.95. The summed E-state index contributed by atoms with van der Waals surface area (Å²) < 4.78 is 10.9. The largest absolute Gasteiger partial charge is 0.493 e. The first-order chi connectivity index (χ1) is 17.9. The van der Waals surface area contributed by atoms with Crippen LogP contribution in [0.1, 0.15) is 33.0 Å². The molecule has 0 spiro atoms. The van der Waals surface area contributed by atoms with E-state index in [-0.39, 0.29) is 5.78 Å². The highest BCUT2D eigenvalue weighted by Gasteiger charge is 2.63. The molecular weight excluding hydrogens is 486 g/mol. The smallest absolute Gasteiger partial charge is 0.185 e. The van der Waals surface area contributed by atoms with Gasteiger partial charge in [-0.05, 0) is 48.4 Å². The zero-order valence-corrected chi connectivity index (χ0v) is 21.4. The molecule has 3 unspecified atom stereocenters. The Bertz CT molecular complexity index is 1490. The quantitative estimate of drug-likeness (QED) is 0.395. The van der Waals surface area contributed by atoms with Crippen LogP contribution < -0.4 is 14.4 Å². The number of halogens is 1. The van der Waals surface area contributed by atoms with Crippen LogP contribution in [0.2, 0.25) is 5.02 Å². The Balaban J connectivity index is 1.79. The lowest BCUT2D eigenvalue weighted by Crippen LogP contribution is -2.44. The molecular formula is C30H24ClN3O3. The Morgan fingerprint density at radius 2 is 1.68 bits per heavy atom. The number of rotatable bonds is 5. The summed E-state index contributed by atoms with van der Waals surface area (Å²) in [5, 5.41) is 21.7. The molecule has 7 heteroatoms. The molecule has 1 fully saturated rings. The van der Waals surface area contributed by atoms with E-state index in [2.05, 4.69) is 12.1 Å². The fraction of sp³-hybridized carbons (Fsp3) is 0.233. The highest BCUT2D eigenvalue weighted by Crippen LogP contribution is 2.56. The van der Waals surface area contributed by atoms with Crippen LogP contribution in [0, 0.1) is 35.0 Å². The number of benzene rings is 3. The van der Waals surface area contributed by atoms with Gasteiger partial charge < -0.3 is 14.4 Å². The van der Waals surface area contributed by atoms with E-state index in [1.807, 2.05) is 48.2 Å². The molecule has 0 aromatic heterocycles. The normalized spacial score (nSPS) is 20.8. The second-order valence-electron chi connectivity index (χ2n) is 9.27. The molecule has 2 aliphatic heterocycles. The van der Waals surface area contributed by atoms with Crippen LogP contribution in [0.15, 0.2) is 66.7 Å². The van der Waals surface area contributed by atoms with Gasteiger partial charge in [-0.2, -0.15) is 10.5 Å². The van der Waals surface area contributed by atoms with Crippen LogP contribution in [-0.2, 0) is 0 Å². The molecule has 3 aromatic rings. The molecule has 0 N–H and O–H groups in total. The zero-order chi connectivity index (χ0) is 26.3. The highest BCUT2D eigenvalue weighted by atomic mass is 35.5. The van der Waals surface area contributed by atoms with Crippen LogP contribution >= 0.6 is 11.6 Å². The number of fused-ring (bicyclic) bond motifs is 3. The van der Waals surface area contributed by atoms with E-state index in [1.54, 1.807) is 43.5 Å². The minimum Gasteiger partial charge on any atom is -0.493 e. The van der Waals surface area contributed by atoms with Crippen molar-refractivity contribution in [1.29, 1.82) is 10.5 Å². The molecule has 3 atom stereocenters. The van der Waals surface area contributed by atoms with Crippen molar-refractivity contribution in [3.8, 4) is 23.6 Å². The first kappa shape index (κ1) is 24.4. The Morgan fingerprint density at radius 3 is 2.32 bits per heavy atom. The first-order valence-electron chi connectivity index (χ1n) is 11.8. The number of anilines is 1. The Labute approximate surface area is 220 Å². The lowest BCUT2D eigenvalue weighted by Gasteiger charge is -2.35. The number of carbonyl (C=O) groups is 1. The number of ketones is 1.